The van der Waals surface area contributed by atoms with Gasteiger partial charge in [0.2, 0.25) is 0 Å². The molecule has 1 heterocycles. The lowest BCUT2D eigenvalue weighted by Crippen LogP contribution is -2.39. The minimum Gasteiger partial charge on any atom is -0.378 e. The van der Waals surface area contributed by atoms with E-state index in [0.717, 1.165) is 45.5 Å². The van der Waals surface area contributed by atoms with E-state index in [-0.39, 0.29) is 0 Å². The van der Waals surface area contributed by atoms with Crippen LogP contribution in [0.15, 0.2) is 22.7 Å². The first-order valence-corrected chi connectivity index (χ1v) is 8.92. The Labute approximate surface area is 136 Å². The van der Waals surface area contributed by atoms with Gasteiger partial charge in [0.1, 0.15) is 0 Å². The predicted octanol–water partition coefficient (Wildman–Crippen LogP) is 3.27. The minimum absolute atomic E-state index is 0.441. The van der Waals surface area contributed by atoms with Gasteiger partial charge in [-0.1, -0.05) is 28.1 Å². The normalized spacial score (nSPS) is 23.4. The second-order valence-electron chi connectivity index (χ2n) is 6.11. The Bertz CT molecular complexity index is 472. The van der Waals surface area contributed by atoms with Crippen molar-refractivity contribution in [3.05, 3.63) is 33.8 Å². The van der Waals surface area contributed by atoms with Crippen LogP contribution in [-0.4, -0.2) is 37.2 Å². The van der Waals surface area contributed by atoms with Gasteiger partial charge in [0.15, 0.2) is 0 Å². The van der Waals surface area contributed by atoms with E-state index in [0.29, 0.717) is 12.1 Å². The van der Waals surface area contributed by atoms with Crippen LogP contribution in [0.3, 0.4) is 0 Å². The first kappa shape index (κ1) is 15.5. The number of piperidine rings is 1. The molecular formula is C17H25BrN2O. The highest BCUT2D eigenvalue weighted by Gasteiger charge is 2.31. The van der Waals surface area contributed by atoms with E-state index in [1.807, 2.05) is 0 Å². The van der Waals surface area contributed by atoms with E-state index in [1.165, 1.54) is 28.4 Å². The van der Waals surface area contributed by atoms with Gasteiger partial charge in [-0.3, -0.25) is 4.90 Å². The lowest BCUT2D eigenvalue weighted by atomic mass is 10.0. The molecule has 1 saturated heterocycles. The van der Waals surface area contributed by atoms with Crippen molar-refractivity contribution >= 4 is 15.9 Å². The third-order valence-electron chi connectivity index (χ3n) is 4.80. The summed E-state index contributed by atoms with van der Waals surface area (Å²) in [6.45, 7) is 3.86. The Morgan fingerprint density at radius 1 is 1.24 bits per heavy atom. The zero-order valence-corrected chi connectivity index (χ0v) is 14.1. The van der Waals surface area contributed by atoms with E-state index < -0.39 is 0 Å². The van der Waals surface area contributed by atoms with Crippen molar-refractivity contribution in [3.63, 3.8) is 0 Å². The molecule has 2 aliphatic rings. The van der Waals surface area contributed by atoms with Gasteiger partial charge < -0.3 is 10.5 Å². The number of nitrogens with two attached hydrogens (primary N) is 1. The third kappa shape index (κ3) is 3.50. The predicted molar refractivity (Wildman–Crippen MR) is 89.4 cm³/mol. The van der Waals surface area contributed by atoms with Crippen molar-refractivity contribution in [3.8, 4) is 0 Å². The van der Waals surface area contributed by atoms with Gasteiger partial charge >= 0.3 is 0 Å². The van der Waals surface area contributed by atoms with Gasteiger partial charge in [-0.15, -0.1) is 0 Å². The summed E-state index contributed by atoms with van der Waals surface area (Å²) >= 11 is 3.69. The molecule has 1 fully saturated rings. The average Bonchev–Trinajstić information content (AvgIpc) is 2.94. The Kier molecular flexibility index (Phi) is 5.33. The summed E-state index contributed by atoms with van der Waals surface area (Å²) in [6, 6.07) is 7.26. The van der Waals surface area contributed by atoms with Gasteiger partial charge in [-0.05, 0) is 55.8 Å². The van der Waals surface area contributed by atoms with Crippen LogP contribution in [0.25, 0.3) is 0 Å². The highest BCUT2D eigenvalue weighted by atomic mass is 79.9. The fourth-order valence-corrected chi connectivity index (χ4v) is 4.23. The van der Waals surface area contributed by atoms with Crippen LogP contribution in [-0.2, 0) is 11.2 Å². The maximum Gasteiger partial charge on any atom is 0.0599 e. The molecule has 0 saturated carbocycles. The van der Waals surface area contributed by atoms with Crippen LogP contribution in [0.1, 0.15) is 42.9 Å². The summed E-state index contributed by atoms with van der Waals surface area (Å²) in [5.41, 5.74) is 8.57. The molecule has 0 aromatic heterocycles. The summed E-state index contributed by atoms with van der Waals surface area (Å²) in [6.07, 6.45) is 6.19. The van der Waals surface area contributed by atoms with Crippen LogP contribution in [0.5, 0.6) is 0 Å². The van der Waals surface area contributed by atoms with E-state index in [2.05, 4.69) is 39.0 Å². The van der Waals surface area contributed by atoms with Crippen LogP contribution in [0.2, 0.25) is 0 Å². The van der Waals surface area contributed by atoms with Crippen molar-refractivity contribution < 1.29 is 4.74 Å². The molecule has 1 unspecified atom stereocenters. The van der Waals surface area contributed by atoms with Crippen LogP contribution in [0, 0.1) is 0 Å². The van der Waals surface area contributed by atoms with Gasteiger partial charge in [0.25, 0.3) is 0 Å². The molecule has 116 valence electrons. The number of halogens is 1. The van der Waals surface area contributed by atoms with Crippen molar-refractivity contribution in [1.29, 1.82) is 0 Å². The summed E-state index contributed by atoms with van der Waals surface area (Å²) in [5, 5.41) is 0. The maximum atomic E-state index is 5.91. The Morgan fingerprint density at radius 3 is 2.81 bits per heavy atom. The number of hydrogen-bond acceptors (Lipinski definition) is 3. The van der Waals surface area contributed by atoms with E-state index in [9.17, 15) is 0 Å². The zero-order chi connectivity index (χ0) is 14.7. The largest absolute Gasteiger partial charge is 0.378 e. The number of fused-ring (bicyclic) bond motifs is 1. The maximum absolute atomic E-state index is 5.91. The standard InChI is InChI=1S/C17H25BrN2O/c18-16-4-1-3-15-14(16)5-6-17(15)20-10-7-13(8-11-20)21-12-2-9-19/h1,3-4,13,17H,2,5-12,19H2. The fourth-order valence-electron chi connectivity index (χ4n) is 3.65. The molecule has 2 N–H and O–H groups in total. The van der Waals surface area contributed by atoms with Gasteiger partial charge in [0, 0.05) is 30.2 Å². The van der Waals surface area contributed by atoms with Crippen LogP contribution < -0.4 is 5.73 Å². The molecule has 0 spiro atoms. The summed E-state index contributed by atoms with van der Waals surface area (Å²) in [7, 11) is 0. The first-order chi connectivity index (χ1) is 10.3. The van der Waals surface area contributed by atoms with E-state index in [1.54, 1.807) is 0 Å². The van der Waals surface area contributed by atoms with Gasteiger partial charge in [0.05, 0.1) is 6.10 Å². The minimum atomic E-state index is 0.441. The molecule has 3 rings (SSSR count). The second-order valence-corrected chi connectivity index (χ2v) is 6.96. The smallest absolute Gasteiger partial charge is 0.0599 e. The number of likely N-dealkylation sites (tertiary alicyclic amines) is 1. The molecule has 1 aliphatic heterocycles. The zero-order valence-electron chi connectivity index (χ0n) is 12.6. The summed E-state index contributed by atoms with van der Waals surface area (Å²) in [5.74, 6) is 0. The molecule has 1 aliphatic carbocycles. The third-order valence-corrected chi connectivity index (χ3v) is 5.54. The Hall–Kier alpha value is -0.420. The lowest BCUT2D eigenvalue weighted by molar-refractivity contribution is -0.00236. The molecule has 0 radical (unpaired) electrons. The number of ether oxygens (including phenoxy) is 1. The molecule has 4 heteroatoms. The SMILES string of the molecule is NCCCOC1CCN(C2CCc3c(Br)cccc32)CC1. The van der Waals surface area contributed by atoms with Crippen molar-refractivity contribution in [2.24, 2.45) is 5.73 Å². The van der Waals surface area contributed by atoms with E-state index in [4.69, 9.17) is 10.5 Å². The summed E-state index contributed by atoms with van der Waals surface area (Å²) in [4.78, 5) is 2.65. The Morgan fingerprint density at radius 2 is 2.05 bits per heavy atom. The number of benzene rings is 1. The molecule has 3 nitrogen and oxygen atoms in total. The second kappa shape index (κ2) is 7.23. The monoisotopic (exact) mass is 352 g/mol. The lowest BCUT2D eigenvalue weighted by Gasteiger charge is -2.36. The number of nitrogens with zero attached hydrogens (tertiary/aromatic N) is 1. The fraction of sp³-hybridized carbons (Fsp3) is 0.647. The first-order valence-electron chi connectivity index (χ1n) is 8.12. The van der Waals surface area contributed by atoms with Crippen molar-refractivity contribution in [2.45, 2.75) is 44.2 Å². The molecule has 1 aromatic rings. The molecular weight excluding hydrogens is 328 g/mol. The van der Waals surface area contributed by atoms with E-state index >= 15 is 0 Å². The highest BCUT2D eigenvalue weighted by molar-refractivity contribution is 9.10. The summed E-state index contributed by atoms with van der Waals surface area (Å²) < 4.78 is 7.19. The van der Waals surface area contributed by atoms with Gasteiger partial charge in [-0.2, -0.15) is 0 Å². The Balaban J connectivity index is 1.56. The average molecular weight is 353 g/mol. The number of rotatable bonds is 5. The topological polar surface area (TPSA) is 38.5 Å². The van der Waals surface area contributed by atoms with Crippen LogP contribution >= 0.6 is 15.9 Å². The van der Waals surface area contributed by atoms with Crippen LogP contribution in [0.4, 0.5) is 0 Å². The van der Waals surface area contributed by atoms with Crippen molar-refractivity contribution in [2.75, 3.05) is 26.2 Å². The molecule has 0 amide bonds. The van der Waals surface area contributed by atoms with Gasteiger partial charge in [-0.25, -0.2) is 0 Å². The molecule has 0 bridgehead atoms. The number of hydrogen-bond donors (Lipinski definition) is 1. The highest BCUT2D eigenvalue weighted by Crippen LogP contribution is 2.40. The molecule has 1 aromatic carbocycles. The van der Waals surface area contributed by atoms with Crippen molar-refractivity contribution in [1.82, 2.24) is 4.90 Å². The quantitative estimate of drug-likeness (QED) is 0.826. The molecule has 1 atom stereocenters. The molecule has 21 heavy (non-hydrogen) atoms.